The maximum Gasteiger partial charge on any atom is 0.183 e. The van der Waals surface area contributed by atoms with Crippen molar-refractivity contribution in [1.29, 1.82) is 0 Å². The number of rotatable bonds is 5. The summed E-state index contributed by atoms with van der Waals surface area (Å²) < 4.78 is 0. The van der Waals surface area contributed by atoms with Crippen molar-refractivity contribution in [2.24, 2.45) is 0 Å². The predicted molar refractivity (Wildman–Crippen MR) is 81.1 cm³/mol. The van der Waals surface area contributed by atoms with Crippen LogP contribution in [0.1, 0.15) is 74.2 Å². The maximum absolute atomic E-state index is 12.3. The lowest BCUT2D eigenvalue weighted by Crippen LogP contribution is -2.36. The number of benzene rings is 1. The van der Waals surface area contributed by atoms with Crippen LogP contribution in [-0.2, 0) is 0 Å². The van der Waals surface area contributed by atoms with Gasteiger partial charge in [-0.15, -0.1) is 11.6 Å². The first-order valence-electron chi connectivity index (χ1n) is 7.39. The van der Waals surface area contributed by atoms with E-state index >= 15 is 0 Å². The van der Waals surface area contributed by atoms with Gasteiger partial charge in [-0.25, -0.2) is 0 Å². The summed E-state index contributed by atoms with van der Waals surface area (Å²) in [6.07, 6.45) is 6.98. The number of hydrogen-bond acceptors (Lipinski definition) is 1. The average Bonchev–Trinajstić information content (AvgIpc) is 2.40. The zero-order valence-electron chi connectivity index (χ0n) is 11.9. The van der Waals surface area contributed by atoms with Gasteiger partial charge in [0.1, 0.15) is 4.87 Å². The van der Waals surface area contributed by atoms with E-state index in [-0.39, 0.29) is 5.78 Å². The number of unbranched alkanes of at least 4 members (excludes halogenated alkanes) is 3. The van der Waals surface area contributed by atoms with Gasteiger partial charge in [0, 0.05) is 5.56 Å². The van der Waals surface area contributed by atoms with Crippen molar-refractivity contribution < 1.29 is 4.79 Å². The molecule has 2 rings (SSSR count). The number of hydrogen-bond donors (Lipinski definition) is 0. The molecule has 0 saturated carbocycles. The molecule has 1 nitrogen and oxygen atoms in total. The summed E-state index contributed by atoms with van der Waals surface area (Å²) in [5, 5.41) is 0. The van der Waals surface area contributed by atoms with E-state index in [9.17, 15) is 4.79 Å². The lowest BCUT2D eigenvalue weighted by Gasteiger charge is -2.34. The Morgan fingerprint density at radius 1 is 1.26 bits per heavy atom. The molecule has 0 bridgehead atoms. The fraction of sp³-hybridized carbons (Fsp3) is 0.588. The summed E-state index contributed by atoms with van der Waals surface area (Å²) in [4.78, 5) is 11.6. The number of Topliss-reactive ketones (excluding diaryl/α,β-unsaturated/α-hetero) is 1. The van der Waals surface area contributed by atoms with Crippen molar-refractivity contribution in [3.05, 3.63) is 35.4 Å². The molecule has 1 aliphatic carbocycles. The lowest BCUT2D eigenvalue weighted by molar-refractivity contribution is 0.0923. The van der Waals surface area contributed by atoms with Crippen molar-refractivity contribution in [3.63, 3.8) is 0 Å². The topological polar surface area (TPSA) is 17.1 Å². The van der Waals surface area contributed by atoms with Crippen LogP contribution in [0.4, 0.5) is 0 Å². The Morgan fingerprint density at radius 3 is 2.74 bits per heavy atom. The summed E-state index contributed by atoms with van der Waals surface area (Å²) >= 11 is 6.44. The van der Waals surface area contributed by atoms with Gasteiger partial charge in [0.2, 0.25) is 0 Å². The molecular formula is C17H23ClO. The van der Waals surface area contributed by atoms with E-state index in [4.69, 9.17) is 11.6 Å². The molecule has 0 aromatic heterocycles. The van der Waals surface area contributed by atoms with Crippen molar-refractivity contribution in [3.8, 4) is 0 Å². The van der Waals surface area contributed by atoms with Crippen LogP contribution < -0.4 is 0 Å². The third-order valence-corrected chi connectivity index (χ3v) is 4.48. The molecule has 0 heterocycles. The molecule has 0 spiro atoms. The van der Waals surface area contributed by atoms with Crippen molar-refractivity contribution in [1.82, 2.24) is 0 Å². The highest BCUT2D eigenvalue weighted by Gasteiger charge is 2.40. The average molecular weight is 279 g/mol. The molecule has 0 amide bonds. The molecule has 2 heteroatoms. The first-order chi connectivity index (χ1) is 9.06. The quantitative estimate of drug-likeness (QED) is 0.526. The summed E-state index contributed by atoms with van der Waals surface area (Å²) in [5.41, 5.74) is 2.05. The van der Waals surface area contributed by atoms with Crippen molar-refractivity contribution in [2.75, 3.05) is 0 Å². The number of carbonyl (C=O) groups is 1. The fourth-order valence-corrected chi connectivity index (χ4v) is 3.37. The first kappa shape index (κ1) is 14.6. The van der Waals surface area contributed by atoms with Gasteiger partial charge < -0.3 is 0 Å². The van der Waals surface area contributed by atoms with Gasteiger partial charge in [-0.05, 0) is 31.2 Å². The van der Waals surface area contributed by atoms with E-state index in [1.165, 1.54) is 31.2 Å². The summed E-state index contributed by atoms with van der Waals surface area (Å²) in [5.74, 6) is 0.530. The SMILES string of the molecule is CCCCCC[C@@H]1C[C@](C)(Cl)C(=O)c2ccccc21. The first-order valence-corrected chi connectivity index (χ1v) is 7.76. The zero-order valence-corrected chi connectivity index (χ0v) is 12.7. The van der Waals surface area contributed by atoms with E-state index in [2.05, 4.69) is 13.0 Å². The molecule has 2 atom stereocenters. The minimum absolute atomic E-state index is 0.0922. The Labute approximate surface area is 121 Å². The van der Waals surface area contributed by atoms with Crippen LogP contribution in [-0.4, -0.2) is 10.7 Å². The normalized spacial score (nSPS) is 26.3. The molecule has 0 saturated heterocycles. The maximum atomic E-state index is 12.3. The van der Waals surface area contributed by atoms with Crippen LogP contribution in [0.5, 0.6) is 0 Å². The van der Waals surface area contributed by atoms with E-state index in [0.717, 1.165) is 18.4 Å². The number of alkyl halides is 1. The van der Waals surface area contributed by atoms with Gasteiger partial charge in [-0.1, -0.05) is 56.9 Å². The van der Waals surface area contributed by atoms with Crippen LogP contribution in [0, 0.1) is 0 Å². The standard InChI is InChI=1S/C17H23ClO/c1-3-4-5-6-9-13-12-17(2,18)16(19)15-11-8-7-10-14(13)15/h7-8,10-11,13H,3-6,9,12H2,1-2H3/t13-,17+/m1/s1. The minimum Gasteiger partial charge on any atom is -0.292 e. The molecule has 19 heavy (non-hydrogen) atoms. The molecule has 0 aliphatic heterocycles. The number of fused-ring (bicyclic) bond motifs is 1. The van der Waals surface area contributed by atoms with Gasteiger partial charge in [-0.2, -0.15) is 0 Å². The van der Waals surface area contributed by atoms with Gasteiger partial charge in [-0.3, -0.25) is 4.79 Å². The second kappa shape index (κ2) is 6.09. The van der Waals surface area contributed by atoms with E-state index in [1.807, 2.05) is 25.1 Å². The van der Waals surface area contributed by atoms with E-state index in [0.29, 0.717) is 5.92 Å². The number of ketones is 1. The van der Waals surface area contributed by atoms with Crippen molar-refractivity contribution >= 4 is 17.4 Å². The highest BCUT2D eigenvalue weighted by Crippen LogP contribution is 2.42. The van der Waals surface area contributed by atoms with E-state index in [1.54, 1.807) is 0 Å². The van der Waals surface area contributed by atoms with Crippen LogP contribution in [0.25, 0.3) is 0 Å². The summed E-state index contributed by atoms with van der Waals surface area (Å²) in [6, 6.07) is 7.99. The summed E-state index contributed by atoms with van der Waals surface area (Å²) in [7, 11) is 0. The van der Waals surface area contributed by atoms with Crippen LogP contribution in [0.15, 0.2) is 24.3 Å². The van der Waals surface area contributed by atoms with E-state index < -0.39 is 4.87 Å². The molecule has 1 aromatic rings. The fourth-order valence-electron chi connectivity index (χ4n) is 3.08. The second-order valence-electron chi connectivity index (χ2n) is 5.86. The largest absolute Gasteiger partial charge is 0.292 e. The van der Waals surface area contributed by atoms with Crippen LogP contribution >= 0.6 is 11.6 Å². The zero-order chi connectivity index (χ0) is 13.9. The second-order valence-corrected chi connectivity index (χ2v) is 6.70. The molecule has 0 N–H and O–H groups in total. The Hall–Kier alpha value is -0.820. The molecule has 1 aromatic carbocycles. The highest BCUT2D eigenvalue weighted by molar-refractivity contribution is 6.38. The molecule has 1 aliphatic rings. The Morgan fingerprint density at radius 2 is 2.00 bits per heavy atom. The van der Waals surface area contributed by atoms with Crippen LogP contribution in [0.2, 0.25) is 0 Å². The Kier molecular flexibility index (Phi) is 4.67. The van der Waals surface area contributed by atoms with Gasteiger partial charge in [0.15, 0.2) is 5.78 Å². The summed E-state index contributed by atoms with van der Waals surface area (Å²) in [6.45, 7) is 4.09. The smallest absolute Gasteiger partial charge is 0.183 e. The van der Waals surface area contributed by atoms with Crippen LogP contribution in [0.3, 0.4) is 0 Å². The number of halogens is 1. The van der Waals surface area contributed by atoms with Gasteiger partial charge >= 0.3 is 0 Å². The lowest BCUT2D eigenvalue weighted by atomic mass is 9.74. The molecular weight excluding hydrogens is 256 g/mol. The monoisotopic (exact) mass is 278 g/mol. The highest BCUT2D eigenvalue weighted by atomic mass is 35.5. The Balaban J connectivity index is 2.16. The molecule has 0 fully saturated rings. The molecule has 104 valence electrons. The Bertz CT molecular complexity index is 450. The third-order valence-electron chi connectivity index (χ3n) is 4.15. The number of carbonyl (C=O) groups excluding carboxylic acids is 1. The van der Waals surface area contributed by atoms with Gasteiger partial charge in [0.25, 0.3) is 0 Å². The third kappa shape index (κ3) is 3.20. The van der Waals surface area contributed by atoms with Crippen molar-refractivity contribution in [2.45, 2.75) is 63.2 Å². The minimum atomic E-state index is -0.718. The van der Waals surface area contributed by atoms with Gasteiger partial charge in [0.05, 0.1) is 0 Å². The molecule has 0 radical (unpaired) electrons. The predicted octanol–water partition coefficient (Wildman–Crippen LogP) is 5.32. The molecule has 0 unspecified atom stereocenters.